The second-order valence-electron chi connectivity index (χ2n) is 17.5. The van der Waals surface area contributed by atoms with Crippen LogP contribution in [0.15, 0.2) is 120 Å². The lowest BCUT2D eigenvalue weighted by molar-refractivity contribution is -0.143. The van der Waals surface area contributed by atoms with Crippen molar-refractivity contribution >= 4 is 35.0 Å². The minimum absolute atomic E-state index is 0.0580. The summed E-state index contributed by atoms with van der Waals surface area (Å²) in [6.07, 6.45) is 10.3. The van der Waals surface area contributed by atoms with Gasteiger partial charge in [-0.05, 0) is 124 Å². The second-order valence-corrected chi connectivity index (χ2v) is 17.5. The topological polar surface area (TPSA) is 131 Å². The normalized spacial score (nSPS) is 21.9. The Morgan fingerprint density at radius 2 is 0.952 bits per heavy atom. The summed E-state index contributed by atoms with van der Waals surface area (Å²) in [5.74, 6) is 0.793. The third-order valence-corrected chi connectivity index (χ3v) is 13.3. The number of piperidine rings is 2. The lowest BCUT2D eigenvalue weighted by atomic mass is 9.99. The SMILES string of the molecule is O=C(Nc1ccc(-c2cnc(-c3ccc(NC(=O)[C@@H]4CCCN4C(=O)C4CCCCN4Cc4ccccc4)cc3)o2)cc1)[C@@H]1CCCN1C(=O)C1CCCCN1Cc1ccccc1. The number of amides is 4. The van der Waals surface area contributed by atoms with Gasteiger partial charge in [0.05, 0.1) is 18.3 Å². The summed E-state index contributed by atoms with van der Waals surface area (Å²) < 4.78 is 6.17. The van der Waals surface area contributed by atoms with Crippen molar-refractivity contribution in [2.75, 3.05) is 36.8 Å². The van der Waals surface area contributed by atoms with Crippen LogP contribution in [0, 0.1) is 0 Å². The van der Waals surface area contributed by atoms with Crippen molar-refractivity contribution in [3.8, 4) is 22.8 Å². The van der Waals surface area contributed by atoms with Gasteiger partial charge in [-0.1, -0.05) is 73.5 Å². The molecule has 5 aromatic rings. The summed E-state index contributed by atoms with van der Waals surface area (Å²) >= 11 is 0. The Morgan fingerprint density at radius 3 is 1.43 bits per heavy atom. The molecule has 4 aromatic carbocycles. The van der Waals surface area contributed by atoms with Crippen LogP contribution in [0.3, 0.4) is 0 Å². The number of carbonyl (C=O) groups excluding carboxylic acids is 4. The molecule has 4 fully saturated rings. The van der Waals surface area contributed by atoms with Gasteiger partial charge >= 0.3 is 0 Å². The van der Waals surface area contributed by atoms with Gasteiger partial charge in [-0.25, -0.2) is 4.98 Å². The zero-order valence-corrected chi connectivity index (χ0v) is 35.9. The Morgan fingerprint density at radius 1 is 0.508 bits per heavy atom. The molecule has 5 heterocycles. The molecule has 0 bridgehead atoms. The van der Waals surface area contributed by atoms with Crippen LogP contribution in [-0.4, -0.2) is 98.6 Å². The number of hydrogen-bond donors (Lipinski definition) is 2. The van der Waals surface area contributed by atoms with Crippen LogP contribution in [0.25, 0.3) is 22.8 Å². The fraction of sp³-hybridized carbons (Fsp3) is 0.392. The zero-order valence-electron chi connectivity index (χ0n) is 35.9. The van der Waals surface area contributed by atoms with Crippen LogP contribution in [-0.2, 0) is 32.3 Å². The first-order valence-electron chi connectivity index (χ1n) is 22.8. The number of likely N-dealkylation sites (tertiary alicyclic amines) is 4. The second kappa shape index (κ2) is 19.5. The van der Waals surface area contributed by atoms with E-state index in [-0.39, 0.29) is 35.7 Å². The first-order valence-corrected chi connectivity index (χ1v) is 22.8. The molecule has 0 radical (unpaired) electrons. The monoisotopic (exact) mass is 847 g/mol. The van der Waals surface area contributed by atoms with Crippen molar-refractivity contribution < 1.29 is 23.6 Å². The Hall–Kier alpha value is -6.11. The first-order chi connectivity index (χ1) is 30.9. The van der Waals surface area contributed by atoms with Crippen molar-refractivity contribution in [1.29, 1.82) is 0 Å². The van der Waals surface area contributed by atoms with E-state index in [4.69, 9.17) is 4.42 Å². The van der Waals surface area contributed by atoms with Gasteiger partial charge in [0.2, 0.25) is 29.5 Å². The van der Waals surface area contributed by atoms with Gasteiger partial charge in [0.1, 0.15) is 12.1 Å². The standard InChI is InChI=1S/C51H57N7O5/c59-47(42-19-11-31-57(42)50(61)44-17-7-9-29-55(44)34-36-13-3-1-4-14-36)53-40-25-21-38(22-26-40)46-33-52-49(63-46)39-23-27-41(28-24-39)54-48(60)43-20-12-32-58(43)51(62)45-18-8-10-30-56(45)35-37-15-5-2-6-16-37/h1-6,13-16,21-28,33,42-45H,7-12,17-20,29-32,34-35H2,(H,53,59)(H,54,60)/t42-,43-,44?,45?/m0/s1. The number of oxazole rings is 1. The van der Waals surface area contributed by atoms with Crippen molar-refractivity contribution in [2.45, 2.75) is 101 Å². The van der Waals surface area contributed by atoms with Gasteiger partial charge in [-0.2, -0.15) is 0 Å². The molecule has 4 amide bonds. The van der Waals surface area contributed by atoms with E-state index in [1.807, 2.05) is 84.9 Å². The number of carbonyl (C=O) groups is 4. The van der Waals surface area contributed by atoms with E-state index >= 15 is 0 Å². The highest BCUT2D eigenvalue weighted by Gasteiger charge is 2.41. The lowest BCUT2D eigenvalue weighted by Crippen LogP contribution is -2.53. The smallest absolute Gasteiger partial charge is 0.247 e. The van der Waals surface area contributed by atoms with Crippen LogP contribution < -0.4 is 10.6 Å². The van der Waals surface area contributed by atoms with E-state index in [2.05, 4.69) is 49.7 Å². The van der Waals surface area contributed by atoms with Gasteiger partial charge in [0.15, 0.2) is 5.76 Å². The molecule has 63 heavy (non-hydrogen) atoms. The van der Waals surface area contributed by atoms with Gasteiger partial charge in [0.25, 0.3) is 0 Å². The number of aromatic nitrogens is 1. The molecule has 12 nitrogen and oxygen atoms in total. The summed E-state index contributed by atoms with van der Waals surface area (Å²) in [6.45, 7) is 4.39. The molecule has 12 heteroatoms. The molecular weight excluding hydrogens is 791 g/mol. The minimum atomic E-state index is -0.503. The highest BCUT2D eigenvalue weighted by atomic mass is 16.4. The third-order valence-electron chi connectivity index (χ3n) is 13.3. The third kappa shape index (κ3) is 9.77. The predicted molar refractivity (Wildman–Crippen MR) is 243 cm³/mol. The van der Waals surface area contributed by atoms with E-state index in [0.29, 0.717) is 49.0 Å². The van der Waals surface area contributed by atoms with Gasteiger partial charge in [-0.3, -0.25) is 29.0 Å². The number of nitrogens with zero attached hydrogens (tertiary/aromatic N) is 5. The number of hydrogen-bond acceptors (Lipinski definition) is 8. The molecule has 2 N–H and O–H groups in total. The molecule has 4 saturated heterocycles. The first kappa shape index (κ1) is 42.2. The minimum Gasteiger partial charge on any atom is -0.436 e. The molecule has 4 aliphatic rings. The van der Waals surface area contributed by atoms with E-state index in [1.165, 1.54) is 11.1 Å². The molecule has 4 aliphatic heterocycles. The fourth-order valence-electron chi connectivity index (χ4n) is 9.95. The molecule has 0 spiro atoms. The number of nitrogens with one attached hydrogen (secondary N) is 2. The van der Waals surface area contributed by atoms with Crippen molar-refractivity contribution in [3.63, 3.8) is 0 Å². The Kier molecular flexibility index (Phi) is 13.1. The van der Waals surface area contributed by atoms with E-state index in [9.17, 15) is 19.2 Å². The average molecular weight is 848 g/mol. The van der Waals surface area contributed by atoms with Crippen LogP contribution in [0.5, 0.6) is 0 Å². The number of rotatable bonds is 12. The molecule has 1 aromatic heterocycles. The molecule has 0 saturated carbocycles. The van der Waals surface area contributed by atoms with Crippen LogP contribution in [0.2, 0.25) is 0 Å². The maximum atomic E-state index is 14.0. The van der Waals surface area contributed by atoms with Gasteiger partial charge in [-0.15, -0.1) is 0 Å². The molecule has 2 unspecified atom stereocenters. The van der Waals surface area contributed by atoms with Gasteiger partial charge < -0.3 is 24.9 Å². The highest BCUT2D eigenvalue weighted by Crippen LogP contribution is 2.31. The van der Waals surface area contributed by atoms with Crippen LogP contribution in [0.4, 0.5) is 11.4 Å². The Balaban J connectivity index is 0.781. The quantitative estimate of drug-likeness (QED) is 0.129. The zero-order chi connectivity index (χ0) is 43.1. The molecular formula is C51H57N7O5. The summed E-state index contributed by atoms with van der Waals surface area (Å²) in [6, 6.07) is 33.9. The maximum Gasteiger partial charge on any atom is 0.247 e. The summed E-state index contributed by atoms with van der Waals surface area (Å²) in [5, 5.41) is 6.11. The van der Waals surface area contributed by atoms with Crippen molar-refractivity contribution in [3.05, 3.63) is 127 Å². The fourth-order valence-corrected chi connectivity index (χ4v) is 9.95. The molecule has 0 aliphatic carbocycles. The van der Waals surface area contributed by atoms with Crippen LogP contribution >= 0.6 is 0 Å². The van der Waals surface area contributed by atoms with Crippen molar-refractivity contribution in [2.24, 2.45) is 0 Å². The largest absolute Gasteiger partial charge is 0.436 e. The number of benzene rings is 4. The Bertz CT molecular complexity index is 2190. The highest BCUT2D eigenvalue weighted by molar-refractivity contribution is 5.99. The maximum absolute atomic E-state index is 14.0. The molecule has 9 rings (SSSR count). The summed E-state index contributed by atoms with van der Waals surface area (Å²) in [7, 11) is 0. The van der Waals surface area contributed by atoms with Gasteiger partial charge in [0, 0.05) is 48.7 Å². The summed E-state index contributed by atoms with van der Waals surface area (Å²) in [5.41, 5.74) is 5.22. The lowest BCUT2D eigenvalue weighted by Gasteiger charge is -2.38. The molecule has 4 atom stereocenters. The van der Waals surface area contributed by atoms with Crippen LogP contribution in [0.1, 0.15) is 75.3 Å². The van der Waals surface area contributed by atoms with E-state index < -0.39 is 12.1 Å². The average Bonchev–Trinajstić information content (AvgIpc) is 4.13. The van der Waals surface area contributed by atoms with Crippen molar-refractivity contribution in [1.82, 2.24) is 24.6 Å². The van der Waals surface area contributed by atoms with E-state index in [1.54, 1.807) is 16.0 Å². The Labute approximate surface area is 369 Å². The summed E-state index contributed by atoms with van der Waals surface area (Å²) in [4.78, 5) is 67.9. The number of anilines is 2. The predicted octanol–water partition coefficient (Wildman–Crippen LogP) is 7.98. The van der Waals surface area contributed by atoms with E-state index in [0.717, 1.165) is 88.7 Å². The molecule has 326 valence electrons.